The minimum Gasteiger partial charge on any atom is -0.465 e. The zero-order valence-electron chi connectivity index (χ0n) is 38.7. The molecule has 6 amide bonds. The lowest BCUT2D eigenvalue weighted by atomic mass is 9.79. The largest absolute Gasteiger partial charge is 0.465 e. The van der Waals surface area contributed by atoms with Crippen LogP contribution in [0, 0.1) is 19.3 Å². The summed E-state index contributed by atoms with van der Waals surface area (Å²) < 4.78 is 10.1. The monoisotopic (exact) mass is 935 g/mol. The first-order valence-electron chi connectivity index (χ1n) is 22.5. The summed E-state index contributed by atoms with van der Waals surface area (Å²) in [5, 5.41) is 2.82. The van der Waals surface area contributed by atoms with Crippen molar-refractivity contribution in [3.05, 3.63) is 129 Å². The highest BCUT2D eigenvalue weighted by Crippen LogP contribution is 2.34. The Balaban J connectivity index is 0.000000269. The number of hydrogen-bond acceptors (Lipinski definition) is 11. The summed E-state index contributed by atoms with van der Waals surface area (Å²) in [6.45, 7) is 12.3. The molecule has 3 N–H and O–H groups in total. The average Bonchev–Trinajstić information content (AvgIpc) is 4.01. The second kappa shape index (κ2) is 22.2. The molecule has 0 saturated carbocycles. The molecule has 0 aliphatic carbocycles. The SMILES string of the molecule is CCOC(=O)[C@@H](N)Cc1ccc(N2C(=O)c3cccc(C)c3C2=O)cc1.CCOC(=O)[C@H](Cc1ccc(N2C(=O)c3cccc(C)c3C2=O)cc1)NC(=O)C(CC)(CC)C(=O)N1CCCC1.Cl. The summed E-state index contributed by atoms with van der Waals surface area (Å²) in [5.41, 5.74) is 10.1. The standard InChI is InChI=1S/C31H37N3O6.C20H20N2O4.ClH/c1-5-31(6-2,30(39)33-17-8-9-18-33)29(38)32-24(28(37)40-7-3)19-21-13-15-22(16-14-21)34-26(35)23-12-10-11-20(4)25(23)27(34)36;1-3-26-20(25)16(21)11-13-7-9-14(10-8-13)22-18(23)15-6-4-5-12(2)17(15)19(22)24;/h10-16,24H,5-9,17-19H2,1-4H3,(H,32,38);4-10,16H,3,11,21H2,1-2H3;1H/t24-;16-;/m00./s1. The number of amides is 6. The third-order valence-corrected chi connectivity index (χ3v) is 12.4. The zero-order chi connectivity index (χ0) is 47.9. The highest BCUT2D eigenvalue weighted by atomic mass is 35.5. The fourth-order valence-electron chi connectivity index (χ4n) is 8.69. The van der Waals surface area contributed by atoms with Crippen molar-refractivity contribution in [2.24, 2.45) is 11.1 Å². The number of nitrogens with two attached hydrogens (primary N) is 1. The molecule has 67 heavy (non-hydrogen) atoms. The van der Waals surface area contributed by atoms with Gasteiger partial charge in [-0.05, 0) is 118 Å². The van der Waals surface area contributed by atoms with Gasteiger partial charge < -0.3 is 25.4 Å². The Labute approximate surface area is 396 Å². The Morgan fingerprint density at radius 3 is 1.48 bits per heavy atom. The van der Waals surface area contributed by atoms with Crippen LogP contribution in [0.3, 0.4) is 0 Å². The van der Waals surface area contributed by atoms with Gasteiger partial charge in [-0.2, -0.15) is 0 Å². The van der Waals surface area contributed by atoms with Crippen molar-refractivity contribution in [1.82, 2.24) is 10.2 Å². The number of rotatable bonds is 15. The van der Waals surface area contributed by atoms with Gasteiger partial charge in [-0.25, -0.2) is 14.6 Å². The van der Waals surface area contributed by atoms with Crippen LogP contribution < -0.4 is 20.9 Å². The first-order valence-corrected chi connectivity index (χ1v) is 22.5. The summed E-state index contributed by atoms with van der Waals surface area (Å²) in [6.07, 6.45) is 2.90. The van der Waals surface area contributed by atoms with Gasteiger partial charge in [0.05, 0.1) is 46.8 Å². The fraction of sp³-hybridized carbons (Fsp3) is 0.373. The Morgan fingerprint density at radius 2 is 1.06 bits per heavy atom. The van der Waals surface area contributed by atoms with Crippen LogP contribution in [-0.2, 0) is 41.5 Å². The highest BCUT2D eigenvalue weighted by Gasteiger charge is 2.47. The van der Waals surface area contributed by atoms with Gasteiger partial charge in [0.25, 0.3) is 23.6 Å². The Hall–Kier alpha value is -6.71. The molecule has 4 aromatic carbocycles. The smallest absolute Gasteiger partial charge is 0.328 e. The van der Waals surface area contributed by atoms with Crippen molar-refractivity contribution in [2.75, 3.05) is 36.1 Å². The number of likely N-dealkylation sites (tertiary alicyclic amines) is 1. The van der Waals surface area contributed by atoms with Crippen LogP contribution in [0.1, 0.15) is 117 Å². The minimum atomic E-state index is -1.26. The summed E-state index contributed by atoms with van der Waals surface area (Å²) in [4.78, 5) is 107. The molecule has 0 aromatic heterocycles. The van der Waals surface area contributed by atoms with E-state index < -0.39 is 35.3 Å². The molecule has 0 spiro atoms. The van der Waals surface area contributed by atoms with Crippen molar-refractivity contribution in [1.29, 1.82) is 0 Å². The molecule has 2 atom stereocenters. The van der Waals surface area contributed by atoms with Crippen molar-refractivity contribution in [3.8, 4) is 0 Å². The molecule has 354 valence electrons. The first kappa shape index (κ1) is 51.3. The number of carbonyl (C=O) groups excluding carboxylic acids is 8. The van der Waals surface area contributed by atoms with E-state index in [2.05, 4.69) is 5.32 Å². The Kier molecular flexibility index (Phi) is 17.0. The van der Waals surface area contributed by atoms with E-state index in [1.165, 1.54) is 4.90 Å². The molecule has 3 aliphatic rings. The molecule has 0 unspecified atom stereocenters. The summed E-state index contributed by atoms with van der Waals surface area (Å²) in [6, 6.07) is 22.3. The van der Waals surface area contributed by atoms with Crippen LogP contribution in [0.5, 0.6) is 0 Å². The molecule has 3 heterocycles. The molecule has 4 aromatic rings. The van der Waals surface area contributed by atoms with E-state index in [9.17, 15) is 38.4 Å². The average molecular weight is 937 g/mol. The van der Waals surface area contributed by atoms with Gasteiger partial charge >= 0.3 is 11.9 Å². The molecule has 3 aliphatic heterocycles. The lowest BCUT2D eigenvalue weighted by molar-refractivity contribution is -0.155. The van der Waals surface area contributed by atoms with E-state index in [4.69, 9.17) is 15.2 Å². The maximum atomic E-state index is 13.6. The van der Waals surface area contributed by atoms with Gasteiger partial charge in [-0.3, -0.25) is 33.6 Å². The fourth-order valence-corrected chi connectivity index (χ4v) is 8.69. The maximum Gasteiger partial charge on any atom is 0.328 e. The number of fused-ring (bicyclic) bond motifs is 2. The first-order chi connectivity index (χ1) is 31.6. The van der Waals surface area contributed by atoms with Gasteiger partial charge in [0.15, 0.2) is 0 Å². The number of imide groups is 2. The van der Waals surface area contributed by atoms with Crippen LogP contribution in [0.15, 0.2) is 84.9 Å². The van der Waals surface area contributed by atoms with Crippen LogP contribution in [0.25, 0.3) is 0 Å². The van der Waals surface area contributed by atoms with Crippen LogP contribution in [0.4, 0.5) is 11.4 Å². The summed E-state index contributed by atoms with van der Waals surface area (Å²) >= 11 is 0. The number of aryl methyl sites for hydroxylation is 2. The van der Waals surface area contributed by atoms with Crippen molar-refractivity contribution in [2.45, 2.75) is 92.2 Å². The topological polar surface area (TPSA) is 203 Å². The van der Waals surface area contributed by atoms with Gasteiger partial charge in [0.1, 0.15) is 17.5 Å². The molecule has 1 fully saturated rings. The second-order valence-electron chi connectivity index (χ2n) is 16.6. The van der Waals surface area contributed by atoms with Gasteiger partial charge in [-0.15, -0.1) is 12.4 Å². The van der Waals surface area contributed by atoms with E-state index in [0.29, 0.717) is 71.5 Å². The summed E-state index contributed by atoms with van der Waals surface area (Å²) in [7, 11) is 0. The third kappa shape index (κ3) is 10.5. The number of ether oxygens (including phenoxy) is 2. The number of nitrogens with one attached hydrogen (secondary N) is 1. The molecule has 15 nitrogen and oxygen atoms in total. The number of halogens is 1. The summed E-state index contributed by atoms with van der Waals surface area (Å²) in [5.74, 6) is -3.13. The van der Waals surface area contributed by atoms with Crippen molar-refractivity contribution < 1.29 is 47.8 Å². The molecule has 16 heteroatoms. The number of anilines is 2. The maximum absolute atomic E-state index is 13.6. The van der Waals surface area contributed by atoms with Gasteiger partial charge in [0.2, 0.25) is 11.8 Å². The van der Waals surface area contributed by atoms with E-state index in [-0.39, 0.29) is 61.6 Å². The number of benzene rings is 4. The quantitative estimate of drug-likeness (QED) is 0.0752. The molecular formula is C51H58ClN5O10. The van der Waals surface area contributed by atoms with E-state index in [1.54, 1.807) is 105 Å². The molecule has 7 rings (SSSR count). The van der Waals surface area contributed by atoms with Crippen molar-refractivity contribution >= 4 is 71.2 Å². The molecule has 0 bridgehead atoms. The van der Waals surface area contributed by atoms with E-state index in [1.807, 2.05) is 26.8 Å². The minimum absolute atomic E-state index is 0. The van der Waals surface area contributed by atoms with E-state index >= 15 is 0 Å². The number of nitrogens with zero attached hydrogens (tertiary/aromatic N) is 3. The predicted molar refractivity (Wildman–Crippen MR) is 254 cm³/mol. The second-order valence-corrected chi connectivity index (χ2v) is 16.6. The predicted octanol–water partition coefficient (Wildman–Crippen LogP) is 6.47. The van der Waals surface area contributed by atoms with Gasteiger partial charge in [0, 0.05) is 19.5 Å². The molecule has 1 saturated heterocycles. The lowest BCUT2D eigenvalue weighted by Crippen LogP contribution is -2.55. The van der Waals surface area contributed by atoms with E-state index in [0.717, 1.165) is 34.4 Å². The van der Waals surface area contributed by atoms with Gasteiger partial charge in [-0.1, -0.05) is 62.4 Å². The van der Waals surface area contributed by atoms with Crippen molar-refractivity contribution in [3.63, 3.8) is 0 Å². The normalized spacial score (nSPS) is 14.9. The Morgan fingerprint density at radius 1 is 0.627 bits per heavy atom. The number of carbonyl (C=O) groups is 8. The van der Waals surface area contributed by atoms with Crippen LogP contribution in [-0.4, -0.2) is 90.7 Å². The zero-order valence-corrected chi connectivity index (χ0v) is 39.5. The molecule has 0 radical (unpaired) electrons. The highest BCUT2D eigenvalue weighted by molar-refractivity contribution is 6.35. The number of esters is 2. The number of hydrogen-bond donors (Lipinski definition) is 2. The third-order valence-electron chi connectivity index (χ3n) is 12.4. The Bertz CT molecular complexity index is 2530. The molecular weight excluding hydrogens is 878 g/mol. The lowest BCUT2D eigenvalue weighted by Gasteiger charge is -2.34. The van der Waals surface area contributed by atoms with Crippen LogP contribution in [0.2, 0.25) is 0 Å². The van der Waals surface area contributed by atoms with Crippen LogP contribution >= 0.6 is 12.4 Å².